The average molecular weight is 350 g/mol. The summed E-state index contributed by atoms with van der Waals surface area (Å²) in [7, 11) is 3.77. The van der Waals surface area contributed by atoms with E-state index in [1.807, 2.05) is 79.5 Å². The summed E-state index contributed by atoms with van der Waals surface area (Å²) in [5, 5.41) is 6.34. The summed E-state index contributed by atoms with van der Waals surface area (Å²) in [6, 6.07) is 17.5. The highest BCUT2D eigenvalue weighted by Gasteiger charge is 2.13. The molecule has 0 spiro atoms. The fourth-order valence-corrected chi connectivity index (χ4v) is 2.42. The fourth-order valence-electron chi connectivity index (χ4n) is 2.42. The lowest BCUT2D eigenvalue weighted by atomic mass is 10.2. The molecule has 6 heteroatoms. The zero-order valence-corrected chi connectivity index (χ0v) is 14.9. The van der Waals surface area contributed by atoms with Gasteiger partial charge in [-0.25, -0.2) is 4.98 Å². The van der Waals surface area contributed by atoms with Gasteiger partial charge in [0.25, 0.3) is 0 Å². The van der Waals surface area contributed by atoms with Crippen molar-refractivity contribution in [3.63, 3.8) is 0 Å². The van der Waals surface area contributed by atoms with Gasteiger partial charge in [-0.2, -0.15) is 5.10 Å². The van der Waals surface area contributed by atoms with Crippen LogP contribution in [0.4, 0.5) is 0 Å². The van der Waals surface area contributed by atoms with Crippen molar-refractivity contribution in [3.05, 3.63) is 78.9 Å². The van der Waals surface area contributed by atoms with Crippen LogP contribution in [-0.2, 0) is 0 Å². The van der Waals surface area contributed by atoms with E-state index < -0.39 is 0 Å². The first kappa shape index (κ1) is 17.5. The molecule has 3 aromatic rings. The van der Waals surface area contributed by atoms with Gasteiger partial charge in [0.2, 0.25) is 0 Å². The molecule has 1 heterocycles. The Balaban J connectivity index is 1.72. The summed E-state index contributed by atoms with van der Waals surface area (Å²) in [6.45, 7) is 0.897. The standard InChI is InChI=1S/C20H22N4O2/c1-23(2)22-20(24-13-12-21-16-24)18-10-6-7-11-19(18)26-15-14-25-17-8-4-3-5-9-17/h3-13,16H,14-15H2,1-2H3. The summed E-state index contributed by atoms with van der Waals surface area (Å²) in [4.78, 5) is 4.12. The van der Waals surface area contributed by atoms with Crippen LogP contribution in [0.15, 0.2) is 78.4 Å². The van der Waals surface area contributed by atoms with Gasteiger partial charge in [-0.3, -0.25) is 4.57 Å². The molecule has 0 saturated carbocycles. The van der Waals surface area contributed by atoms with Crippen LogP contribution in [-0.4, -0.2) is 47.7 Å². The Morgan fingerprint density at radius 1 is 1.00 bits per heavy atom. The minimum atomic E-state index is 0.436. The predicted molar refractivity (Wildman–Crippen MR) is 102 cm³/mol. The van der Waals surface area contributed by atoms with Crippen molar-refractivity contribution in [1.29, 1.82) is 0 Å². The Morgan fingerprint density at radius 3 is 2.46 bits per heavy atom. The van der Waals surface area contributed by atoms with Crippen molar-refractivity contribution in [1.82, 2.24) is 14.6 Å². The zero-order chi connectivity index (χ0) is 18.2. The van der Waals surface area contributed by atoms with Gasteiger partial charge in [-0.05, 0) is 24.3 Å². The van der Waals surface area contributed by atoms with Crippen LogP contribution in [0.5, 0.6) is 11.5 Å². The van der Waals surface area contributed by atoms with E-state index in [1.54, 1.807) is 17.5 Å². The molecular formula is C20H22N4O2. The highest BCUT2D eigenvalue weighted by molar-refractivity contribution is 6.02. The van der Waals surface area contributed by atoms with Crippen LogP contribution in [0.1, 0.15) is 5.56 Å². The van der Waals surface area contributed by atoms with Crippen molar-refractivity contribution in [2.45, 2.75) is 0 Å². The molecule has 0 fully saturated rings. The van der Waals surface area contributed by atoms with Gasteiger partial charge in [-0.1, -0.05) is 30.3 Å². The smallest absolute Gasteiger partial charge is 0.168 e. The fraction of sp³-hybridized carbons (Fsp3) is 0.200. The SMILES string of the molecule is CN(C)N=C(c1ccccc1OCCOc1ccccc1)n1ccnc1. The number of benzene rings is 2. The van der Waals surface area contributed by atoms with Gasteiger partial charge >= 0.3 is 0 Å². The molecule has 0 N–H and O–H groups in total. The molecule has 0 saturated heterocycles. The van der Waals surface area contributed by atoms with Crippen molar-refractivity contribution < 1.29 is 9.47 Å². The Hall–Kier alpha value is -3.28. The van der Waals surface area contributed by atoms with Gasteiger partial charge in [0.15, 0.2) is 5.84 Å². The molecule has 0 amide bonds. The molecule has 0 aliphatic heterocycles. The van der Waals surface area contributed by atoms with E-state index in [9.17, 15) is 0 Å². The first-order valence-electron chi connectivity index (χ1n) is 8.38. The summed E-state index contributed by atoms with van der Waals surface area (Å²) >= 11 is 0. The number of nitrogens with zero attached hydrogens (tertiary/aromatic N) is 4. The molecule has 3 rings (SSSR count). The molecule has 0 aliphatic carbocycles. The maximum absolute atomic E-state index is 5.96. The van der Waals surface area contributed by atoms with Gasteiger partial charge in [-0.15, -0.1) is 0 Å². The molecule has 0 unspecified atom stereocenters. The molecule has 0 radical (unpaired) electrons. The van der Waals surface area contributed by atoms with E-state index >= 15 is 0 Å². The maximum Gasteiger partial charge on any atom is 0.168 e. The van der Waals surface area contributed by atoms with Crippen LogP contribution < -0.4 is 9.47 Å². The summed E-state index contributed by atoms with van der Waals surface area (Å²) in [5.74, 6) is 2.32. The topological polar surface area (TPSA) is 51.9 Å². The lowest BCUT2D eigenvalue weighted by molar-refractivity contribution is 0.217. The van der Waals surface area contributed by atoms with Gasteiger partial charge in [0.05, 0.1) is 5.56 Å². The third kappa shape index (κ3) is 4.63. The highest BCUT2D eigenvalue weighted by Crippen LogP contribution is 2.20. The summed E-state index contributed by atoms with van der Waals surface area (Å²) in [5.41, 5.74) is 0.888. The lowest BCUT2D eigenvalue weighted by Gasteiger charge is -2.16. The average Bonchev–Trinajstić information content (AvgIpc) is 3.19. The van der Waals surface area contributed by atoms with Crippen molar-refractivity contribution in [2.24, 2.45) is 5.10 Å². The minimum Gasteiger partial charge on any atom is -0.490 e. The molecule has 2 aromatic carbocycles. The number of ether oxygens (including phenoxy) is 2. The first-order chi connectivity index (χ1) is 12.7. The highest BCUT2D eigenvalue weighted by atomic mass is 16.5. The Morgan fingerprint density at radius 2 is 1.73 bits per heavy atom. The van der Waals surface area contributed by atoms with Crippen LogP contribution in [0, 0.1) is 0 Å². The third-order valence-corrected chi connectivity index (χ3v) is 3.52. The molecule has 134 valence electrons. The second-order valence-corrected chi connectivity index (χ2v) is 5.75. The number of hydrazone groups is 1. The molecular weight excluding hydrogens is 328 g/mol. The van der Waals surface area contributed by atoms with Crippen molar-refractivity contribution >= 4 is 5.84 Å². The normalized spacial score (nSPS) is 11.2. The second kappa shape index (κ2) is 8.71. The number of imidazole rings is 1. The van der Waals surface area contributed by atoms with E-state index in [0.717, 1.165) is 22.9 Å². The van der Waals surface area contributed by atoms with Crippen molar-refractivity contribution in [2.75, 3.05) is 27.3 Å². The summed E-state index contributed by atoms with van der Waals surface area (Å²) in [6.07, 6.45) is 5.30. The predicted octanol–water partition coefficient (Wildman–Crippen LogP) is 3.11. The molecule has 0 bridgehead atoms. The van der Waals surface area contributed by atoms with Gasteiger partial charge in [0, 0.05) is 26.5 Å². The van der Waals surface area contributed by atoms with Crippen LogP contribution in [0.3, 0.4) is 0 Å². The van der Waals surface area contributed by atoms with Crippen LogP contribution in [0.25, 0.3) is 0 Å². The monoisotopic (exact) mass is 350 g/mol. The van der Waals surface area contributed by atoms with Crippen LogP contribution >= 0.6 is 0 Å². The number of hydrogen-bond donors (Lipinski definition) is 0. The van der Waals surface area contributed by atoms with E-state index in [1.165, 1.54) is 0 Å². The Bertz CT molecular complexity index is 830. The quantitative estimate of drug-likeness (QED) is 0.284. The van der Waals surface area contributed by atoms with E-state index in [4.69, 9.17) is 9.47 Å². The number of hydrogen-bond acceptors (Lipinski definition) is 5. The maximum atomic E-state index is 5.96. The number of aromatic nitrogens is 2. The van der Waals surface area contributed by atoms with E-state index in [2.05, 4.69) is 10.1 Å². The number of rotatable bonds is 7. The Kier molecular flexibility index (Phi) is 5.88. The molecule has 6 nitrogen and oxygen atoms in total. The molecule has 26 heavy (non-hydrogen) atoms. The largest absolute Gasteiger partial charge is 0.490 e. The van der Waals surface area contributed by atoms with Crippen molar-refractivity contribution in [3.8, 4) is 11.5 Å². The van der Waals surface area contributed by atoms with Gasteiger partial charge < -0.3 is 14.5 Å². The third-order valence-electron chi connectivity index (χ3n) is 3.52. The second-order valence-electron chi connectivity index (χ2n) is 5.75. The zero-order valence-electron chi connectivity index (χ0n) is 14.9. The van der Waals surface area contributed by atoms with Gasteiger partial charge in [0.1, 0.15) is 31.0 Å². The molecule has 0 aliphatic rings. The van der Waals surface area contributed by atoms with E-state index in [0.29, 0.717) is 13.2 Å². The lowest BCUT2D eigenvalue weighted by Crippen LogP contribution is -2.19. The molecule has 1 aromatic heterocycles. The number of para-hydroxylation sites is 2. The first-order valence-corrected chi connectivity index (χ1v) is 8.38. The minimum absolute atomic E-state index is 0.436. The molecule has 0 atom stereocenters. The Labute approximate surface area is 153 Å². The van der Waals surface area contributed by atoms with Crippen LogP contribution in [0.2, 0.25) is 0 Å². The summed E-state index contributed by atoms with van der Waals surface area (Å²) < 4.78 is 13.5. The van der Waals surface area contributed by atoms with E-state index in [-0.39, 0.29) is 0 Å².